The second-order valence-electron chi connectivity index (χ2n) is 5.22. The Morgan fingerprint density at radius 1 is 1.00 bits per heavy atom. The number of nitrogens with one attached hydrogen (secondary N) is 1. The van der Waals surface area contributed by atoms with Gasteiger partial charge in [-0.1, -0.05) is 12.1 Å². The van der Waals surface area contributed by atoms with Crippen molar-refractivity contribution in [3.05, 3.63) is 64.8 Å². The molecule has 0 unspecified atom stereocenters. The zero-order valence-electron chi connectivity index (χ0n) is 12.8. The predicted octanol–water partition coefficient (Wildman–Crippen LogP) is 3.25. The van der Waals surface area contributed by atoms with E-state index in [4.69, 9.17) is 9.15 Å². The van der Waals surface area contributed by atoms with Crippen LogP contribution in [0.25, 0.3) is 33.7 Å². The zero-order chi connectivity index (χ0) is 16.5. The fraction of sp³-hybridized carbons (Fsp3) is 0.0556. The molecule has 24 heavy (non-hydrogen) atoms. The van der Waals surface area contributed by atoms with Crippen LogP contribution in [0.4, 0.5) is 0 Å². The number of aromatic nitrogens is 3. The fourth-order valence-corrected chi connectivity index (χ4v) is 2.57. The van der Waals surface area contributed by atoms with E-state index in [1.807, 2.05) is 30.3 Å². The molecule has 0 saturated heterocycles. The van der Waals surface area contributed by atoms with Gasteiger partial charge in [-0.3, -0.25) is 4.79 Å². The van der Waals surface area contributed by atoms with Gasteiger partial charge in [-0.2, -0.15) is 15.4 Å². The highest BCUT2D eigenvalue weighted by molar-refractivity contribution is 5.81. The van der Waals surface area contributed by atoms with Gasteiger partial charge in [0.05, 0.1) is 12.5 Å². The molecule has 6 nitrogen and oxygen atoms in total. The number of nitrogens with zero attached hydrogens (tertiary/aromatic N) is 2. The number of para-hydroxylation sites is 1. The molecule has 4 rings (SSSR count). The topological polar surface area (TPSA) is 81.0 Å². The molecule has 0 aliphatic carbocycles. The monoisotopic (exact) mass is 319 g/mol. The molecule has 2 heterocycles. The van der Waals surface area contributed by atoms with E-state index in [-0.39, 0.29) is 5.43 Å². The van der Waals surface area contributed by atoms with Gasteiger partial charge in [0, 0.05) is 11.6 Å². The number of H-pyrrole nitrogens is 1. The van der Waals surface area contributed by atoms with Crippen molar-refractivity contribution < 1.29 is 9.15 Å². The van der Waals surface area contributed by atoms with Crippen LogP contribution in [0.15, 0.2) is 63.8 Å². The molecular weight excluding hydrogens is 306 g/mol. The van der Waals surface area contributed by atoms with Gasteiger partial charge in [-0.25, -0.2) is 0 Å². The summed E-state index contributed by atoms with van der Waals surface area (Å²) >= 11 is 0. The third-order valence-electron chi connectivity index (χ3n) is 3.78. The lowest BCUT2D eigenvalue weighted by Crippen LogP contribution is -2.00. The Hall–Kier alpha value is -3.41. The standard InChI is InChI=1S/C18H13N3O3/c1-23-12-8-6-11(7-9-12)17-18(20-21-19-17)16-10-14(22)13-4-2-3-5-15(13)24-16/h2-10H,1H3,(H,19,20,21). The minimum atomic E-state index is -0.115. The molecule has 0 amide bonds. The number of methoxy groups -OCH3 is 1. The maximum absolute atomic E-state index is 12.3. The van der Waals surface area contributed by atoms with Gasteiger partial charge >= 0.3 is 0 Å². The molecule has 0 saturated carbocycles. The molecule has 0 aliphatic rings. The van der Waals surface area contributed by atoms with Gasteiger partial charge in [0.15, 0.2) is 16.9 Å². The summed E-state index contributed by atoms with van der Waals surface area (Å²) < 4.78 is 11.0. The molecule has 0 atom stereocenters. The number of ether oxygens (including phenoxy) is 1. The van der Waals surface area contributed by atoms with Crippen molar-refractivity contribution in [1.82, 2.24) is 15.4 Å². The summed E-state index contributed by atoms with van der Waals surface area (Å²) in [5.41, 5.74) is 2.34. The van der Waals surface area contributed by atoms with Crippen molar-refractivity contribution in [3.8, 4) is 28.5 Å². The molecule has 0 bridgehead atoms. The third-order valence-corrected chi connectivity index (χ3v) is 3.78. The van der Waals surface area contributed by atoms with Crippen LogP contribution in [0.3, 0.4) is 0 Å². The lowest BCUT2D eigenvalue weighted by molar-refractivity contribution is 0.415. The average Bonchev–Trinajstić information content (AvgIpc) is 3.11. The van der Waals surface area contributed by atoms with Crippen LogP contribution < -0.4 is 10.2 Å². The van der Waals surface area contributed by atoms with E-state index in [1.54, 1.807) is 25.3 Å². The van der Waals surface area contributed by atoms with Gasteiger partial charge in [-0.15, -0.1) is 0 Å². The molecule has 0 spiro atoms. The number of hydrogen-bond donors (Lipinski definition) is 1. The van der Waals surface area contributed by atoms with E-state index in [1.165, 1.54) is 6.07 Å². The summed E-state index contributed by atoms with van der Waals surface area (Å²) in [5, 5.41) is 11.5. The van der Waals surface area contributed by atoms with Crippen molar-refractivity contribution >= 4 is 11.0 Å². The van der Waals surface area contributed by atoms with Crippen molar-refractivity contribution in [1.29, 1.82) is 0 Å². The van der Waals surface area contributed by atoms with Crippen LogP contribution >= 0.6 is 0 Å². The normalized spacial score (nSPS) is 10.9. The first-order valence-electron chi connectivity index (χ1n) is 7.35. The first-order chi connectivity index (χ1) is 11.8. The Bertz CT molecular complexity index is 1060. The molecule has 2 aromatic carbocycles. The van der Waals surface area contributed by atoms with Crippen LogP contribution in [0.2, 0.25) is 0 Å². The second kappa shape index (κ2) is 5.66. The number of aromatic amines is 1. The van der Waals surface area contributed by atoms with Crippen molar-refractivity contribution in [3.63, 3.8) is 0 Å². The molecule has 0 aliphatic heterocycles. The fourth-order valence-electron chi connectivity index (χ4n) is 2.57. The molecule has 118 valence electrons. The summed E-state index contributed by atoms with van der Waals surface area (Å²) in [6.07, 6.45) is 0. The number of hydrogen-bond acceptors (Lipinski definition) is 5. The molecule has 0 radical (unpaired) electrons. The number of rotatable bonds is 3. The van der Waals surface area contributed by atoms with Crippen molar-refractivity contribution in [2.45, 2.75) is 0 Å². The van der Waals surface area contributed by atoms with Gasteiger partial charge in [-0.05, 0) is 36.4 Å². The summed E-state index contributed by atoms with van der Waals surface area (Å²) in [6.45, 7) is 0. The first kappa shape index (κ1) is 14.2. The van der Waals surface area contributed by atoms with E-state index in [2.05, 4.69) is 15.4 Å². The van der Waals surface area contributed by atoms with Gasteiger partial charge in [0.25, 0.3) is 0 Å². The minimum Gasteiger partial charge on any atom is -0.497 e. The van der Waals surface area contributed by atoms with Crippen LogP contribution in [-0.2, 0) is 0 Å². The van der Waals surface area contributed by atoms with E-state index >= 15 is 0 Å². The van der Waals surface area contributed by atoms with E-state index in [0.717, 1.165) is 11.3 Å². The average molecular weight is 319 g/mol. The lowest BCUT2D eigenvalue weighted by Gasteiger charge is -2.04. The minimum absolute atomic E-state index is 0.115. The van der Waals surface area contributed by atoms with Crippen LogP contribution in [0, 0.1) is 0 Å². The SMILES string of the molecule is COc1ccc(-c2n[nH]nc2-c2cc(=O)c3ccccc3o2)cc1. The maximum atomic E-state index is 12.3. The summed E-state index contributed by atoms with van der Waals surface area (Å²) in [5.74, 6) is 1.12. The zero-order valence-corrected chi connectivity index (χ0v) is 12.8. The highest BCUT2D eigenvalue weighted by Crippen LogP contribution is 2.30. The molecule has 1 N–H and O–H groups in total. The van der Waals surface area contributed by atoms with Crippen LogP contribution in [-0.4, -0.2) is 22.5 Å². The summed E-state index contributed by atoms with van der Waals surface area (Å²) in [6, 6.07) is 16.0. The highest BCUT2D eigenvalue weighted by Gasteiger charge is 2.16. The molecule has 4 aromatic rings. The van der Waals surface area contributed by atoms with Gasteiger partial charge in [0.2, 0.25) is 0 Å². The number of benzene rings is 2. The van der Waals surface area contributed by atoms with Crippen molar-refractivity contribution in [2.24, 2.45) is 0 Å². The Balaban J connectivity index is 1.86. The second-order valence-corrected chi connectivity index (χ2v) is 5.22. The largest absolute Gasteiger partial charge is 0.497 e. The molecule has 0 fully saturated rings. The predicted molar refractivity (Wildman–Crippen MR) is 89.8 cm³/mol. The lowest BCUT2D eigenvalue weighted by atomic mass is 10.1. The van der Waals surface area contributed by atoms with Crippen LogP contribution in [0.1, 0.15) is 0 Å². The Morgan fingerprint density at radius 2 is 1.75 bits per heavy atom. The highest BCUT2D eigenvalue weighted by atomic mass is 16.5. The summed E-state index contributed by atoms with van der Waals surface area (Å²) in [4.78, 5) is 12.3. The quantitative estimate of drug-likeness (QED) is 0.627. The maximum Gasteiger partial charge on any atom is 0.193 e. The summed E-state index contributed by atoms with van der Waals surface area (Å²) in [7, 11) is 1.61. The smallest absolute Gasteiger partial charge is 0.193 e. The van der Waals surface area contributed by atoms with E-state index in [0.29, 0.717) is 28.1 Å². The van der Waals surface area contributed by atoms with Crippen LogP contribution in [0.5, 0.6) is 5.75 Å². The Kier molecular flexibility index (Phi) is 3.35. The molecule has 2 aromatic heterocycles. The first-order valence-corrected chi connectivity index (χ1v) is 7.35. The molecule has 6 heteroatoms. The number of fused-ring (bicyclic) bond motifs is 1. The third kappa shape index (κ3) is 2.34. The van der Waals surface area contributed by atoms with Gasteiger partial charge < -0.3 is 9.15 Å². The van der Waals surface area contributed by atoms with Crippen molar-refractivity contribution in [2.75, 3.05) is 7.11 Å². The Morgan fingerprint density at radius 3 is 2.54 bits per heavy atom. The molecular formula is C18H13N3O3. The van der Waals surface area contributed by atoms with E-state index < -0.39 is 0 Å². The van der Waals surface area contributed by atoms with Gasteiger partial charge in [0.1, 0.15) is 17.0 Å². The Labute approximate surface area is 136 Å². The van der Waals surface area contributed by atoms with E-state index in [9.17, 15) is 4.79 Å².